The molecule has 0 aliphatic carbocycles. The first-order valence-electron chi connectivity index (χ1n) is 5.29. The highest BCUT2D eigenvalue weighted by Crippen LogP contribution is 2.29. The molecule has 4 heteroatoms. The predicted molar refractivity (Wildman–Crippen MR) is 70.7 cm³/mol. The van der Waals surface area contributed by atoms with Crippen LogP contribution in [0.2, 0.25) is 0 Å². The Balaban J connectivity index is 2.34. The van der Waals surface area contributed by atoms with Crippen molar-refractivity contribution in [1.29, 1.82) is 0 Å². The van der Waals surface area contributed by atoms with Gasteiger partial charge in [-0.05, 0) is 42.8 Å². The summed E-state index contributed by atoms with van der Waals surface area (Å²) in [6, 6.07) is 9.63. The Labute approximate surface area is 113 Å². The summed E-state index contributed by atoms with van der Waals surface area (Å²) in [6.45, 7) is 1.87. The highest BCUT2D eigenvalue weighted by atomic mass is 79.9. The Kier molecular flexibility index (Phi) is 3.77. The normalized spacial score (nSPS) is 10.2. The molecule has 0 amide bonds. The van der Waals surface area contributed by atoms with Crippen LogP contribution in [0.25, 0.3) is 0 Å². The summed E-state index contributed by atoms with van der Waals surface area (Å²) < 4.78 is 20.0. The van der Waals surface area contributed by atoms with Gasteiger partial charge in [0.25, 0.3) is 0 Å². The van der Waals surface area contributed by atoms with Crippen LogP contribution in [0.4, 0.5) is 4.39 Å². The number of hydrogen-bond acceptors (Lipinski definition) is 2. The van der Waals surface area contributed by atoms with Crippen molar-refractivity contribution in [2.45, 2.75) is 6.92 Å². The first-order chi connectivity index (χ1) is 8.60. The van der Waals surface area contributed by atoms with Gasteiger partial charge < -0.3 is 4.74 Å². The van der Waals surface area contributed by atoms with Crippen molar-refractivity contribution >= 4 is 22.2 Å². The summed E-state index contributed by atoms with van der Waals surface area (Å²) >= 11 is 3.33. The quantitative estimate of drug-likeness (QED) is 0.780. The minimum Gasteiger partial charge on any atom is -0.454 e. The third-order valence-electron chi connectivity index (χ3n) is 2.46. The van der Waals surface area contributed by atoms with Gasteiger partial charge in [0.2, 0.25) is 0 Å². The van der Waals surface area contributed by atoms with Gasteiger partial charge in [0.15, 0.2) is 11.6 Å². The lowest BCUT2D eigenvalue weighted by molar-refractivity contribution is 0.112. The van der Waals surface area contributed by atoms with Crippen molar-refractivity contribution in [2.75, 3.05) is 0 Å². The average Bonchev–Trinajstić information content (AvgIpc) is 2.36. The number of aldehydes is 1. The fourth-order valence-corrected chi connectivity index (χ4v) is 1.82. The van der Waals surface area contributed by atoms with Crippen LogP contribution in [0.5, 0.6) is 11.5 Å². The van der Waals surface area contributed by atoms with E-state index in [0.29, 0.717) is 12.0 Å². The minimum absolute atomic E-state index is 0.0989. The molecule has 92 valence electrons. The summed E-state index contributed by atoms with van der Waals surface area (Å²) in [5.41, 5.74) is 1.18. The molecule has 0 saturated heterocycles. The van der Waals surface area contributed by atoms with Gasteiger partial charge >= 0.3 is 0 Å². The molecule has 0 N–H and O–H groups in total. The van der Waals surface area contributed by atoms with Crippen LogP contribution in [-0.4, -0.2) is 6.29 Å². The molecule has 0 radical (unpaired) electrons. The molecule has 0 atom stereocenters. The van der Waals surface area contributed by atoms with Gasteiger partial charge in [-0.15, -0.1) is 0 Å². The molecule has 2 aromatic carbocycles. The number of carbonyl (C=O) groups is 1. The summed E-state index contributed by atoms with van der Waals surface area (Å²) in [6.07, 6.45) is 0.594. The van der Waals surface area contributed by atoms with Crippen LogP contribution in [0, 0.1) is 12.7 Å². The monoisotopic (exact) mass is 308 g/mol. The average molecular weight is 309 g/mol. The summed E-state index contributed by atoms with van der Waals surface area (Å²) in [5.74, 6) is 0.114. The van der Waals surface area contributed by atoms with E-state index < -0.39 is 5.82 Å². The number of rotatable bonds is 3. The molecule has 18 heavy (non-hydrogen) atoms. The molecule has 0 unspecified atom stereocenters. The lowest BCUT2D eigenvalue weighted by Crippen LogP contribution is -1.92. The number of halogens is 2. The van der Waals surface area contributed by atoms with Gasteiger partial charge in [0, 0.05) is 10.0 Å². The zero-order chi connectivity index (χ0) is 13.1. The molecule has 0 fully saturated rings. The number of aryl methyl sites for hydroxylation is 1. The SMILES string of the molecule is Cc1ccc(Br)cc1Oc1ccc(C=O)cc1F. The van der Waals surface area contributed by atoms with Crippen molar-refractivity contribution < 1.29 is 13.9 Å². The van der Waals surface area contributed by atoms with Crippen molar-refractivity contribution in [3.63, 3.8) is 0 Å². The van der Waals surface area contributed by atoms with E-state index in [1.54, 1.807) is 6.07 Å². The molecular formula is C14H10BrFO2. The molecule has 0 aliphatic heterocycles. The van der Waals surface area contributed by atoms with Crippen molar-refractivity contribution in [2.24, 2.45) is 0 Å². The Morgan fingerprint density at radius 2 is 1.94 bits per heavy atom. The smallest absolute Gasteiger partial charge is 0.166 e. The topological polar surface area (TPSA) is 26.3 Å². The molecule has 0 heterocycles. The van der Waals surface area contributed by atoms with Crippen molar-refractivity contribution in [3.8, 4) is 11.5 Å². The van der Waals surface area contributed by atoms with E-state index in [1.165, 1.54) is 12.1 Å². The summed E-state index contributed by atoms with van der Waals surface area (Å²) in [7, 11) is 0. The number of ether oxygens (including phenoxy) is 1. The largest absolute Gasteiger partial charge is 0.454 e. The van der Waals surface area contributed by atoms with Crippen molar-refractivity contribution in [3.05, 3.63) is 57.8 Å². The summed E-state index contributed by atoms with van der Waals surface area (Å²) in [4.78, 5) is 10.5. The van der Waals surface area contributed by atoms with Gasteiger partial charge in [0.1, 0.15) is 12.0 Å². The number of benzene rings is 2. The van der Waals surface area contributed by atoms with E-state index in [-0.39, 0.29) is 11.3 Å². The molecule has 0 aromatic heterocycles. The maximum Gasteiger partial charge on any atom is 0.166 e. The minimum atomic E-state index is -0.557. The Hall–Kier alpha value is -1.68. The Morgan fingerprint density at radius 3 is 2.61 bits per heavy atom. The Bertz CT molecular complexity index is 596. The molecule has 0 saturated carbocycles. The number of carbonyl (C=O) groups excluding carboxylic acids is 1. The highest BCUT2D eigenvalue weighted by Gasteiger charge is 2.08. The van der Waals surface area contributed by atoms with E-state index in [9.17, 15) is 9.18 Å². The second-order valence-corrected chi connectivity index (χ2v) is 4.74. The van der Waals surface area contributed by atoms with E-state index in [1.807, 2.05) is 19.1 Å². The van der Waals surface area contributed by atoms with E-state index >= 15 is 0 Å². The van der Waals surface area contributed by atoms with Crippen LogP contribution in [0.1, 0.15) is 15.9 Å². The van der Waals surface area contributed by atoms with Crippen molar-refractivity contribution in [1.82, 2.24) is 0 Å². The van der Waals surface area contributed by atoms with E-state index in [0.717, 1.165) is 16.1 Å². The zero-order valence-corrected chi connectivity index (χ0v) is 11.2. The molecule has 2 nitrogen and oxygen atoms in total. The van der Waals surface area contributed by atoms with Crippen LogP contribution in [0.3, 0.4) is 0 Å². The second kappa shape index (κ2) is 5.31. The molecular weight excluding hydrogens is 299 g/mol. The summed E-state index contributed by atoms with van der Waals surface area (Å²) in [5, 5.41) is 0. The zero-order valence-electron chi connectivity index (χ0n) is 9.61. The maximum absolute atomic E-state index is 13.7. The van der Waals surface area contributed by atoms with E-state index in [2.05, 4.69) is 15.9 Å². The van der Waals surface area contributed by atoms with Gasteiger partial charge in [-0.25, -0.2) is 4.39 Å². The third-order valence-corrected chi connectivity index (χ3v) is 2.96. The molecule has 0 bridgehead atoms. The lowest BCUT2D eigenvalue weighted by Gasteiger charge is -2.10. The molecule has 2 aromatic rings. The third kappa shape index (κ3) is 2.76. The Morgan fingerprint density at radius 1 is 1.17 bits per heavy atom. The van der Waals surface area contributed by atoms with Gasteiger partial charge in [-0.3, -0.25) is 4.79 Å². The van der Waals surface area contributed by atoms with Crippen LogP contribution < -0.4 is 4.74 Å². The predicted octanol–water partition coefficient (Wildman–Crippen LogP) is 4.50. The first kappa shape index (κ1) is 12.8. The molecule has 2 rings (SSSR count). The highest BCUT2D eigenvalue weighted by molar-refractivity contribution is 9.10. The van der Waals surface area contributed by atoms with Crippen LogP contribution in [-0.2, 0) is 0 Å². The van der Waals surface area contributed by atoms with E-state index in [4.69, 9.17) is 4.74 Å². The lowest BCUT2D eigenvalue weighted by atomic mass is 10.2. The van der Waals surface area contributed by atoms with Gasteiger partial charge in [-0.1, -0.05) is 22.0 Å². The molecule has 0 spiro atoms. The maximum atomic E-state index is 13.7. The standard InChI is InChI=1S/C14H10BrFO2/c1-9-2-4-11(15)7-14(9)18-13-5-3-10(8-17)6-12(13)16/h2-8H,1H3. The first-order valence-corrected chi connectivity index (χ1v) is 6.08. The number of hydrogen-bond donors (Lipinski definition) is 0. The fourth-order valence-electron chi connectivity index (χ4n) is 1.48. The second-order valence-electron chi connectivity index (χ2n) is 3.82. The molecule has 0 aliphatic rings. The fraction of sp³-hybridized carbons (Fsp3) is 0.0714. The van der Waals surface area contributed by atoms with Gasteiger partial charge in [-0.2, -0.15) is 0 Å². The van der Waals surface area contributed by atoms with Gasteiger partial charge in [0.05, 0.1) is 0 Å². The van der Waals surface area contributed by atoms with Crippen LogP contribution >= 0.6 is 15.9 Å². The van der Waals surface area contributed by atoms with Crippen LogP contribution in [0.15, 0.2) is 40.9 Å².